The highest BCUT2D eigenvalue weighted by Gasteiger charge is 2.24. The van der Waals surface area contributed by atoms with Crippen LogP contribution in [0.4, 0.5) is 5.69 Å². The van der Waals surface area contributed by atoms with Crippen LogP contribution in [0.2, 0.25) is 0 Å². The van der Waals surface area contributed by atoms with E-state index in [0.717, 1.165) is 24.8 Å². The van der Waals surface area contributed by atoms with Crippen LogP contribution in [-0.2, 0) is 10.2 Å². The third kappa shape index (κ3) is 3.46. The van der Waals surface area contributed by atoms with Crippen molar-refractivity contribution in [1.82, 2.24) is 4.31 Å². The Morgan fingerprint density at radius 2 is 1.84 bits per heavy atom. The second-order valence-electron chi connectivity index (χ2n) is 4.94. The molecule has 2 rings (SSSR count). The van der Waals surface area contributed by atoms with Gasteiger partial charge in [-0.05, 0) is 31.4 Å². The number of anilines is 1. The van der Waals surface area contributed by atoms with Crippen molar-refractivity contribution >= 4 is 15.9 Å². The zero-order valence-corrected chi connectivity index (χ0v) is 12.0. The Labute approximate surface area is 115 Å². The summed E-state index contributed by atoms with van der Waals surface area (Å²) in [7, 11) is -3.46. The van der Waals surface area contributed by atoms with E-state index < -0.39 is 10.2 Å². The number of nitrogens with one attached hydrogen (secondary N) is 1. The molecule has 5 nitrogen and oxygen atoms in total. The number of nitrogens with zero attached hydrogens (tertiary/aromatic N) is 1. The second-order valence-corrected chi connectivity index (χ2v) is 6.61. The van der Waals surface area contributed by atoms with E-state index >= 15 is 0 Å². The minimum atomic E-state index is -3.46. The first-order valence-electron chi connectivity index (χ1n) is 6.63. The lowest BCUT2D eigenvalue weighted by atomic mass is 10.1. The molecule has 0 amide bonds. The number of hydrogen-bond acceptors (Lipinski definition) is 3. The lowest BCUT2D eigenvalue weighted by Crippen LogP contribution is -2.39. The number of nitrogens with two attached hydrogens (primary N) is 1. The summed E-state index contributed by atoms with van der Waals surface area (Å²) in [5, 5.41) is 0. The van der Waals surface area contributed by atoms with Crippen molar-refractivity contribution in [3.63, 3.8) is 0 Å². The van der Waals surface area contributed by atoms with E-state index in [9.17, 15) is 8.42 Å². The summed E-state index contributed by atoms with van der Waals surface area (Å²) in [5.41, 5.74) is 7.24. The summed E-state index contributed by atoms with van der Waals surface area (Å²) >= 11 is 0. The predicted molar refractivity (Wildman–Crippen MR) is 77.0 cm³/mol. The standard InChI is InChI=1S/C13H21N3O2S/c1-11(14)12-7-3-4-8-13(12)15-19(17,18)16-9-5-2-6-10-16/h3-4,7-8,11,15H,2,5-6,9-10,14H2,1H3. The summed E-state index contributed by atoms with van der Waals surface area (Å²) in [6.45, 7) is 3.03. The molecule has 1 atom stereocenters. The lowest BCUT2D eigenvalue weighted by Gasteiger charge is -2.27. The van der Waals surface area contributed by atoms with Crippen molar-refractivity contribution in [3.05, 3.63) is 29.8 Å². The van der Waals surface area contributed by atoms with Crippen LogP contribution in [0.5, 0.6) is 0 Å². The largest absolute Gasteiger partial charge is 0.324 e. The normalized spacial score (nSPS) is 19.1. The number of benzene rings is 1. The average Bonchev–Trinajstić information content (AvgIpc) is 2.39. The molecule has 0 aromatic heterocycles. The Kier molecular flexibility index (Phi) is 4.44. The Balaban J connectivity index is 2.20. The van der Waals surface area contributed by atoms with Gasteiger partial charge in [-0.2, -0.15) is 12.7 Å². The molecule has 1 saturated heterocycles. The second kappa shape index (κ2) is 5.90. The fraction of sp³-hybridized carbons (Fsp3) is 0.538. The van der Waals surface area contributed by atoms with Crippen LogP contribution in [0.25, 0.3) is 0 Å². The molecule has 0 radical (unpaired) electrons. The van der Waals surface area contributed by atoms with Gasteiger partial charge in [-0.3, -0.25) is 4.72 Å². The van der Waals surface area contributed by atoms with Crippen LogP contribution < -0.4 is 10.5 Å². The van der Waals surface area contributed by atoms with Gasteiger partial charge < -0.3 is 5.73 Å². The maximum absolute atomic E-state index is 12.3. The first-order chi connectivity index (χ1) is 9.00. The zero-order valence-electron chi connectivity index (χ0n) is 11.2. The van der Waals surface area contributed by atoms with E-state index in [0.29, 0.717) is 18.8 Å². The van der Waals surface area contributed by atoms with Crippen LogP contribution in [0.3, 0.4) is 0 Å². The summed E-state index contributed by atoms with van der Waals surface area (Å²) in [5.74, 6) is 0. The van der Waals surface area contributed by atoms with Crippen molar-refractivity contribution in [2.24, 2.45) is 5.73 Å². The van der Waals surface area contributed by atoms with Crippen molar-refractivity contribution in [1.29, 1.82) is 0 Å². The van der Waals surface area contributed by atoms with Crippen molar-refractivity contribution in [2.75, 3.05) is 17.8 Å². The van der Waals surface area contributed by atoms with Crippen LogP contribution in [0.15, 0.2) is 24.3 Å². The predicted octanol–water partition coefficient (Wildman–Crippen LogP) is 1.85. The van der Waals surface area contributed by atoms with Gasteiger partial charge >= 0.3 is 10.2 Å². The van der Waals surface area contributed by atoms with Crippen LogP contribution in [-0.4, -0.2) is 25.8 Å². The molecule has 1 aliphatic heterocycles. The first kappa shape index (κ1) is 14.3. The summed E-state index contributed by atoms with van der Waals surface area (Å²) in [4.78, 5) is 0. The Morgan fingerprint density at radius 1 is 1.21 bits per heavy atom. The van der Waals surface area contributed by atoms with Gasteiger partial charge in [0, 0.05) is 19.1 Å². The SMILES string of the molecule is CC(N)c1ccccc1NS(=O)(=O)N1CCCCC1. The highest BCUT2D eigenvalue weighted by atomic mass is 32.2. The number of piperidine rings is 1. The molecule has 1 fully saturated rings. The Hall–Kier alpha value is -1.11. The fourth-order valence-electron chi connectivity index (χ4n) is 2.30. The average molecular weight is 283 g/mol. The molecule has 0 aliphatic carbocycles. The van der Waals surface area contributed by atoms with Gasteiger partial charge in [-0.25, -0.2) is 0 Å². The molecule has 3 N–H and O–H groups in total. The molecule has 6 heteroatoms. The maximum atomic E-state index is 12.3. The monoisotopic (exact) mass is 283 g/mol. The molecular formula is C13H21N3O2S. The van der Waals surface area contributed by atoms with E-state index in [1.165, 1.54) is 4.31 Å². The third-order valence-corrected chi connectivity index (χ3v) is 4.87. The van der Waals surface area contributed by atoms with Gasteiger partial charge in [-0.1, -0.05) is 24.6 Å². The van der Waals surface area contributed by atoms with Crippen molar-refractivity contribution < 1.29 is 8.42 Å². The molecule has 19 heavy (non-hydrogen) atoms. The highest BCUT2D eigenvalue weighted by molar-refractivity contribution is 7.90. The van der Waals surface area contributed by atoms with E-state index in [4.69, 9.17) is 5.73 Å². The first-order valence-corrected chi connectivity index (χ1v) is 8.07. The minimum Gasteiger partial charge on any atom is -0.324 e. The number of rotatable bonds is 4. The van der Waals surface area contributed by atoms with E-state index in [1.54, 1.807) is 12.1 Å². The quantitative estimate of drug-likeness (QED) is 0.885. The molecule has 1 unspecified atom stereocenters. The number of hydrogen-bond donors (Lipinski definition) is 2. The van der Waals surface area contributed by atoms with Gasteiger partial charge in [0.25, 0.3) is 0 Å². The molecule has 1 aliphatic rings. The molecule has 0 bridgehead atoms. The van der Waals surface area contributed by atoms with Crippen LogP contribution in [0.1, 0.15) is 37.8 Å². The third-order valence-electron chi connectivity index (χ3n) is 3.35. The summed E-state index contributed by atoms with van der Waals surface area (Å²) < 4.78 is 28.8. The number of para-hydroxylation sites is 1. The van der Waals surface area contributed by atoms with Gasteiger partial charge in [-0.15, -0.1) is 0 Å². The van der Waals surface area contributed by atoms with E-state index in [1.807, 2.05) is 19.1 Å². The van der Waals surface area contributed by atoms with Crippen molar-refractivity contribution in [3.8, 4) is 0 Å². The topological polar surface area (TPSA) is 75.4 Å². The highest BCUT2D eigenvalue weighted by Crippen LogP contribution is 2.23. The molecule has 106 valence electrons. The maximum Gasteiger partial charge on any atom is 0.301 e. The molecule has 1 aromatic rings. The van der Waals surface area contributed by atoms with E-state index in [-0.39, 0.29) is 6.04 Å². The fourth-order valence-corrected chi connectivity index (χ4v) is 3.63. The van der Waals surface area contributed by atoms with Gasteiger partial charge in [0.05, 0.1) is 5.69 Å². The van der Waals surface area contributed by atoms with Crippen molar-refractivity contribution in [2.45, 2.75) is 32.2 Å². The molecule has 0 spiro atoms. The van der Waals surface area contributed by atoms with Crippen LogP contribution in [0, 0.1) is 0 Å². The smallest absolute Gasteiger partial charge is 0.301 e. The van der Waals surface area contributed by atoms with Gasteiger partial charge in [0.1, 0.15) is 0 Å². The van der Waals surface area contributed by atoms with Crippen LogP contribution >= 0.6 is 0 Å². The summed E-state index contributed by atoms with van der Waals surface area (Å²) in [6.07, 6.45) is 2.95. The molecule has 1 heterocycles. The van der Waals surface area contributed by atoms with Gasteiger partial charge in [0.2, 0.25) is 0 Å². The molecule has 0 saturated carbocycles. The Bertz CT molecular complexity index is 522. The minimum absolute atomic E-state index is 0.208. The van der Waals surface area contributed by atoms with E-state index in [2.05, 4.69) is 4.72 Å². The zero-order chi connectivity index (χ0) is 13.9. The summed E-state index contributed by atoms with van der Waals surface area (Å²) in [6, 6.07) is 7.05. The van der Waals surface area contributed by atoms with Gasteiger partial charge in [0.15, 0.2) is 0 Å². The molecule has 1 aromatic carbocycles. The lowest BCUT2D eigenvalue weighted by molar-refractivity contribution is 0.349. The molecular weight excluding hydrogens is 262 g/mol. The Morgan fingerprint density at radius 3 is 2.47 bits per heavy atom.